The summed E-state index contributed by atoms with van der Waals surface area (Å²) < 4.78 is 6.99. The van der Waals surface area contributed by atoms with E-state index < -0.39 is 0 Å². The zero-order valence-electron chi connectivity index (χ0n) is 15.8. The van der Waals surface area contributed by atoms with Gasteiger partial charge in [0.25, 0.3) is 5.91 Å². The molecule has 3 aromatic rings. The number of aryl methyl sites for hydroxylation is 2. The Morgan fingerprint density at radius 3 is 2.79 bits per heavy atom. The number of imidazole rings is 1. The Hall–Kier alpha value is -3.00. The van der Waals surface area contributed by atoms with Crippen LogP contribution in [0.1, 0.15) is 21.7 Å². The lowest BCUT2D eigenvalue weighted by atomic mass is 10.1. The minimum Gasteiger partial charge on any atom is -0.459 e. The van der Waals surface area contributed by atoms with Crippen molar-refractivity contribution in [2.75, 3.05) is 18.8 Å². The molecule has 1 aromatic carbocycles. The molecule has 0 bridgehead atoms. The van der Waals surface area contributed by atoms with Crippen LogP contribution in [-0.4, -0.2) is 40.2 Å². The van der Waals surface area contributed by atoms with Gasteiger partial charge in [-0.1, -0.05) is 23.9 Å². The van der Waals surface area contributed by atoms with E-state index in [-0.39, 0.29) is 23.3 Å². The van der Waals surface area contributed by atoms with Gasteiger partial charge in [-0.2, -0.15) is 0 Å². The standard InChI is InChI=1S/C20H22N4O3S/c1-14-5-6-15(2)16(12-14)24-10-9-23-20(24)28-13-18(25)21-7-8-22-19(26)17-4-3-11-27-17/h3-6,9-12H,7-8,13H2,1-2H3,(H,21,25)(H,22,26). The number of amides is 2. The van der Waals surface area contributed by atoms with Crippen molar-refractivity contribution in [1.82, 2.24) is 20.2 Å². The lowest BCUT2D eigenvalue weighted by Crippen LogP contribution is -2.35. The van der Waals surface area contributed by atoms with Crippen LogP contribution >= 0.6 is 11.8 Å². The second-order valence-electron chi connectivity index (χ2n) is 6.24. The van der Waals surface area contributed by atoms with Crippen LogP contribution in [0.4, 0.5) is 0 Å². The maximum Gasteiger partial charge on any atom is 0.287 e. The number of hydrogen-bond donors (Lipinski definition) is 2. The van der Waals surface area contributed by atoms with Crippen molar-refractivity contribution in [1.29, 1.82) is 0 Å². The SMILES string of the molecule is Cc1ccc(C)c(-n2ccnc2SCC(=O)NCCNC(=O)c2ccco2)c1. The molecule has 3 rings (SSSR count). The highest BCUT2D eigenvalue weighted by atomic mass is 32.2. The van der Waals surface area contributed by atoms with Crippen molar-refractivity contribution >= 4 is 23.6 Å². The van der Waals surface area contributed by atoms with E-state index in [1.807, 2.05) is 24.6 Å². The number of nitrogens with zero attached hydrogens (tertiary/aromatic N) is 2. The molecular weight excluding hydrogens is 376 g/mol. The van der Waals surface area contributed by atoms with Crippen molar-refractivity contribution < 1.29 is 14.0 Å². The number of carbonyl (C=O) groups is 2. The van der Waals surface area contributed by atoms with Gasteiger partial charge in [-0.3, -0.25) is 14.2 Å². The summed E-state index contributed by atoms with van der Waals surface area (Å²) in [5.41, 5.74) is 3.36. The van der Waals surface area contributed by atoms with E-state index in [4.69, 9.17) is 4.42 Å². The average molecular weight is 398 g/mol. The van der Waals surface area contributed by atoms with Crippen LogP contribution in [0.3, 0.4) is 0 Å². The molecule has 0 unspecified atom stereocenters. The fourth-order valence-electron chi connectivity index (χ4n) is 2.61. The molecule has 0 aliphatic carbocycles. The molecular formula is C20H22N4O3S. The Balaban J connectivity index is 1.46. The van der Waals surface area contributed by atoms with Crippen LogP contribution < -0.4 is 10.6 Å². The fourth-order valence-corrected chi connectivity index (χ4v) is 3.41. The number of aromatic nitrogens is 2. The van der Waals surface area contributed by atoms with E-state index in [0.29, 0.717) is 13.1 Å². The van der Waals surface area contributed by atoms with E-state index in [1.165, 1.54) is 23.6 Å². The second-order valence-corrected chi connectivity index (χ2v) is 7.18. The Bertz CT molecular complexity index is 950. The summed E-state index contributed by atoms with van der Waals surface area (Å²) in [7, 11) is 0. The number of carbonyl (C=O) groups excluding carboxylic acids is 2. The number of thioether (sulfide) groups is 1. The van der Waals surface area contributed by atoms with Gasteiger partial charge < -0.3 is 15.1 Å². The third-order valence-electron chi connectivity index (χ3n) is 4.04. The molecule has 2 heterocycles. The number of nitrogens with one attached hydrogen (secondary N) is 2. The second kappa shape index (κ2) is 9.27. The molecule has 2 aromatic heterocycles. The highest BCUT2D eigenvalue weighted by Crippen LogP contribution is 2.23. The van der Waals surface area contributed by atoms with Crippen molar-refractivity contribution in [3.63, 3.8) is 0 Å². The molecule has 0 aliphatic heterocycles. The van der Waals surface area contributed by atoms with Gasteiger partial charge in [0.2, 0.25) is 5.91 Å². The number of rotatable bonds is 8. The Morgan fingerprint density at radius 1 is 1.18 bits per heavy atom. The third kappa shape index (κ3) is 5.04. The molecule has 2 amide bonds. The smallest absolute Gasteiger partial charge is 0.287 e. The van der Waals surface area contributed by atoms with Gasteiger partial charge in [0.05, 0.1) is 17.7 Å². The predicted molar refractivity (Wildman–Crippen MR) is 108 cm³/mol. The van der Waals surface area contributed by atoms with Gasteiger partial charge in [-0.25, -0.2) is 4.98 Å². The molecule has 0 aliphatic rings. The normalized spacial score (nSPS) is 10.6. The summed E-state index contributed by atoms with van der Waals surface area (Å²) in [6.07, 6.45) is 5.06. The van der Waals surface area contributed by atoms with Gasteiger partial charge in [0, 0.05) is 25.5 Å². The van der Waals surface area contributed by atoms with Crippen LogP contribution in [0, 0.1) is 13.8 Å². The van der Waals surface area contributed by atoms with E-state index in [2.05, 4.69) is 33.8 Å². The summed E-state index contributed by atoms with van der Waals surface area (Å²) >= 11 is 1.37. The minimum atomic E-state index is -0.302. The first-order valence-corrected chi connectivity index (χ1v) is 9.85. The topological polar surface area (TPSA) is 89.2 Å². The Kier molecular flexibility index (Phi) is 6.54. The van der Waals surface area contributed by atoms with Crippen LogP contribution in [0.15, 0.2) is 58.6 Å². The van der Waals surface area contributed by atoms with Crippen LogP contribution in [-0.2, 0) is 4.79 Å². The Labute approximate surface area is 167 Å². The van der Waals surface area contributed by atoms with Crippen LogP contribution in [0.2, 0.25) is 0 Å². The number of furan rings is 1. The monoisotopic (exact) mass is 398 g/mol. The maximum atomic E-state index is 12.1. The van der Waals surface area contributed by atoms with Crippen LogP contribution in [0.25, 0.3) is 5.69 Å². The summed E-state index contributed by atoms with van der Waals surface area (Å²) in [5, 5.41) is 6.22. The molecule has 0 saturated heterocycles. The number of benzene rings is 1. The van der Waals surface area contributed by atoms with E-state index in [0.717, 1.165) is 16.4 Å². The fraction of sp³-hybridized carbons (Fsp3) is 0.250. The molecule has 28 heavy (non-hydrogen) atoms. The largest absolute Gasteiger partial charge is 0.459 e. The first kappa shape index (κ1) is 19.8. The third-order valence-corrected chi connectivity index (χ3v) is 5.01. The van der Waals surface area contributed by atoms with Crippen molar-refractivity contribution in [2.45, 2.75) is 19.0 Å². The molecule has 7 nitrogen and oxygen atoms in total. The van der Waals surface area contributed by atoms with E-state index in [9.17, 15) is 9.59 Å². The lowest BCUT2D eigenvalue weighted by molar-refractivity contribution is -0.118. The summed E-state index contributed by atoms with van der Waals surface area (Å²) in [6, 6.07) is 9.48. The molecule has 2 N–H and O–H groups in total. The van der Waals surface area contributed by atoms with E-state index in [1.54, 1.807) is 18.3 Å². The highest BCUT2D eigenvalue weighted by molar-refractivity contribution is 7.99. The summed E-state index contributed by atoms with van der Waals surface area (Å²) in [5.74, 6) is 0.0747. The molecule has 0 atom stereocenters. The van der Waals surface area contributed by atoms with Gasteiger partial charge in [0.15, 0.2) is 10.9 Å². The zero-order valence-corrected chi connectivity index (χ0v) is 16.6. The van der Waals surface area contributed by atoms with E-state index >= 15 is 0 Å². The van der Waals surface area contributed by atoms with Crippen molar-refractivity contribution in [3.8, 4) is 5.69 Å². The van der Waals surface area contributed by atoms with Gasteiger partial charge in [-0.05, 0) is 43.2 Å². The quantitative estimate of drug-likeness (QED) is 0.450. The lowest BCUT2D eigenvalue weighted by Gasteiger charge is -2.11. The number of hydrogen-bond acceptors (Lipinski definition) is 5. The van der Waals surface area contributed by atoms with Crippen molar-refractivity contribution in [3.05, 3.63) is 65.9 Å². The minimum absolute atomic E-state index is 0.118. The molecule has 0 fully saturated rings. The van der Waals surface area contributed by atoms with Gasteiger partial charge in [0.1, 0.15) is 0 Å². The Morgan fingerprint density at radius 2 is 2.00 bits per heavy atom. The van der Waals surface area contributed by atoms with Crippen LogP contribution in [0.5, 0.6) is 0 Å². The molecule has 0 spiro atoms. The first-order chi connectivity index (χ1) is 13.5. The molecule has 8 heteroatoms. The first-order valence-electron chi connectivity index (χ1n) is 8.87. The van der Waals surface area contributed by atoms with Crippen molar-refractivity contribution in [2.24, 2.45) is 0 Å². The predicted octanol–water partition coefficient (Wildman–Crippen LogP) is 2.72. The van der Waals surface area contributed by atoms with Gasteiger partial charge >= 0.3 is 0 Å². The average Bonchev–Trinajstić information content (AvgIpc) is 3.37. The molecule has 0 saturated carbocycles. The summed E-state index contributed by atoms with van der Waals surface area (Å²) in [4.78, 5) is 28.2. The summed E-state index contributed by atoms with van der Waals surface area (Å²) in [6.45, 7) is 4.77. The molecule has 0 radical (unpaired) electrons. The highest BCUT2D eigenvalue weighted by Gasteiger charge is 2.11. The zero-order chi connectivity index (χ0) is 19.9. The molecule has 146 valence electrons. The maximum absolute atomic E-state index is 12.1. The van der Waals surface area contributed by atoms with Gasteiger partial charge in [-0.15, -0.1) is 0 Å².